The Morgan fingerprint density at radius 3 is 1.20 bits per heavy atom. The molecule has 0 radical (unpaired) electrons. The smallest absolute Gasteiger partial charge is 0.00640 e. The van der Waals surface area contributed by atoms with E-state index in [9.17, 15) is 0 Å². The minimum Gasteiger partial charge on any atom is -0.317 e. The molecule has 0 aromatic heterocycles. The first-order chi connectivity index (χ1) is 7.36. The molecule has 0 spiro atoms. The summed E-state index contributed by atoms with van der Waals surface area (Å²) in [6, 6.07) is 1.68. The van der Waals surface area contributed by atoms with Crippen LogP contribution in [0.2, 0.25) is 0 Å². The summed E-state index contributed by atoms with van der Waals surface area (Å²) in [6.07, 6.45) is 12.8. The minimum atomic E-state index is 0.837. The Kier molecular flexibility index (Phi) is 7.03. The maximum atomic E-state index is 3.30. The number of nitrogens with one attached hydrogen (secondary N) is 2. The lowest BCUT2D eigenvalue weighted by Crippen LogP contribution is -2.26. The summed E-state index contributed by atoms with van der Waals surface area (Å²) in [4.78, 5) is 0. The van der Waals surface area contributed by atoms with Gasteiger partial charge in [-0.3, -0.25) is 0 Å². The number of rotatable bonds is 2. The van der Waals surface area contributed by atoms with Gasteiger partial charge in [0.25, 0.3) is 0 Å². The van der Waals surface area contributed by atoms with E-state index in [4.69, 9.17) is 0 Å². The Hall–Kier alpha value is -0.0800. The first-order valence-electron chi connectivity index (χ1n) is 6.71. The first kappa shape index (κ1) is 13.0. The largest absolute Gasteiger partial charge is 0.317 e. The van der Waals surface area contributed by atoms with E-state index in [0.29, 0.717) is 0 Å². The fraction of sp³-hybridized carbons (Fsp3) is 1.00. The van der Waals surface area contributed by atoms with E-state index in [1.54, 1.807) is 0 Å². The number of hydrogen-bond acceptors (Lipinski definition) is 2. The zero-order chi connectivity index (χ0) is 10.9. The van der Waals surface area contributed by atoms with Crippen molar-refractivity contribution >= 4 is 0 Å². The molecule has 2 aliphatic carbocycles. The Morgan fingerprint density at radius 1 is 0.600 bits per heavy atom. The molecular weight excluding hydrogens is 184 g/mol. The second-order valence-corrected chi connectivity index (χ2v) is 4.89. The topological polar surface area (TPSA) is 24.1 Å². The predicted octanol–water partition coefficient (Wildman–Crippen LogP) is 2.69. The highest BCUT2D eigenvalue weighted by atomic mass is 14.9. The van der Waals surface area contributed by atoms with E-state index >= 15 is 0 Å². The third-order valence-corrected chi connectivity index (χ3v) is 3.78. The van der Waals surface area contributed by atoms with Crippen LogP contribution in [-0.4, -0.2) is 26.2 Å². The van der Waals surface area contributed by atoms with Crippen LogP contribution < -0.4 is 10.6 Å². The van der Waals surface area contributed by atoms with Gasteiger partial charge in [0, 0.05) is 12.1 Å². The Balaban J connectivity index is 0.000000151. The molecule has 0 aromatic rings. The lowest BCUT2D eigenvalue weighted by atomic mass is 9.96. The third kappa shape index (κ3) is 5.53. The van der Waals surface area contributed by atoms with Crippen molar-refractivity contribution in [2.45, 2.75) is 69.9 Å². The van der Waals surface area contributed by atoms with Crippen LogP contribution in [0.5, 0.6) is 0 Å². The van der Waals surface area contributed by atoms with Crippen molar-refractivity contribution in [3.8, 4) is 0 Å². The van der Waals surface area contributed by atoms with E-state index in [0.717, 1.165) is 12.1 Å². The maximum absolute atomic E-state index is 3.30. The van der Waals surface area contributed by atoms with Crippen molar-refractivity contribution in [2.75, 3.05) is 14.1 Å². The summed E-state index contributed by atoms with van der Waals surface area (Å²) >= 11 is 0. The van der Waals surface area contributed by atoms with Crippen LogP contribution >= 0.6 is 0 Å². The summed E-state index contributed by atoms with van der Waals surface area (Å²) in [6.45, 7) is 0. The minimum absolute atomic E-state index is 0.837. The fourth-order valence-electron chi connectivity index (χ4n) is 2.61. The molecule has 0 unspecified atom stereocenters. The van der Waals surface area contributed by atoms with Crippen molar-refractivity contribution in [2.24, 2.45) is 0 Å². The maximum Gasteiger partial charge on any atom is 0.00640 e. The molecule has 0 aliphatic heterocycles. The van der Waals surface area contributed by atoms with E-state index in [1.165, 1.54) is 57.8 Å². The second-order valence-electron chi connectivity index (χ2n) is 4.89. The SMILES string of the molecule is CNC1CCCC1.CNC1CCCCC1. The van der Waals surface area contributed by atoms with E-state index < -0.39 is 0 Å². The summed E-state index contributed by atoms with van der Waals surface area (Å²) < 4.78 is 0. The molecule has 2 heteroatoms. The van der Waals surface area contributed by atoms with Gasteiger partial charge in [-0.15, -0.1) is 0 Å². The van der Waals surface area contributed by atoms with Gasteiger partial charge in [0.05, 0.1) is 0 Å². The van der Waals surface area contributed by atoms with Gasteiger partial charge in [-0.2, -0.15) is 0 Å². The molecule has 90 valence electrons. The monoisotopic (exact) mass is 212 g/mol. The standard InChI is InChI=1S/C7H15N.C6H13N/c1-8-7-5-3-2-4-6-7;1-7-6-4-2-3-5-6/h7-8H,2-6H2,1H3;6-7H,2-5H2,1H3. The predicted molar refractivity (Wildman–Crippen MR) is 67.2 cm³/mol. The second kappa shape index (κ2) is 8.12. The van der Waals surface area contributed by atoms with Crippen LogP contribution in [0, 0.1) is 0 Å². The van der Waals surface area contributed by atoms with E-state index in [1.807, 2.05) is 0 Å². The molecule has 0 saturated heterocycles. The van der Waals surface area contributed by atoms with E-state index in [2.05, 4.69) is 24.7 Å². The fourth-order valence-corrected chi connectivity index (χ4v) is 2.61. The first-order valence-corrected chi connectivity index (χ1v) is 6.71. The third-order valence-electron chi connectivity index (χ3n) is 3.78. The molecule has 2 N–H and O–H groups in total. The van der Waals surface area contributed by atoms with Crippen LogP contribution in [0.25, 0.3) is 0 Å². The average Bonchev–Trinajstić information content (AvgIpc) is 2.84. The van der Waals surface area contributed by atoms with Gasteiger partial charge in [-0.05, 0) is 39.8 Å². The van der Waals surface area contributed by atoms with Crippen molar-refractivity contribution < 1.29 is 0 Å². The molecule has 2 saturated carbocycles. The quantitative estimate of drug-likeness (QED) is 0.735. The summed E-state index contributed by atoms with van der Waals surface area (Å²) in [5.74, 6) is 0. The van der Waals surface area contributed by atoms with E-state index in [-0.39, 0.29) is 0 Å². The molecule has 15 heavy (non-hydrogen) atoms. The van der Waals surface area contributed by atoms with Gasteiger partial charge in [0.15, 0.2) is 0 Å². The van der Waals surface area contributed by atoms with Crippen LogP contribution in [-0.2, 0) is 0 Å². The molecule has 2 fully saturated rings. The van der Waals surface area contributed by atoms with Gasteiger partial charge in [-0.25, -0.2) is 0 Å². The van der Waals surface area contributed by atoms with Gasteiger partial charge >= 0.3 is 0 Å². The Morgan fingerprint density at radius 2 is 0.933 bits per heavy atom. The highest BCUT2D eigenvalue weighted by molar-refractivity contribution is 4.70. The molecule has 0 aromatic carbocycles. The van der Waals surface area contributed by atoms with Gasteiger partial charge in [-0.1, -0.05) is 32.1 Å². The van der Waals surface area contributed by atoms with Crippen LogP contribution in [0.4, 0.5) is 0 Å². The zero-order valence-corrected chi connectivity index (χ0v) is 10.5. The highest BCUT2D eigenvalue weighted by Gasteiger charge is 2.10. The highest BCUT2D eigenvalue weighted by Crippen LogP contribution is 2.17. The zero-order valence-electron chi connectivity index (χ0n) is 10.5. The Bertz CT molecular complexity index is 135. The average molecular weight is 212 g/mol. The van der Waals surface area contributed by atoms with Crippen LogP contribution in [0.3, 0.4) is 0 Å². The molecule has 2 aliphatic rings. The van der Waals surface area contributed by atoms with Crippen molar-refractivity contribution in [3.05, 3.63) is 0 Å². The van der Waals surface area contributed by atoms with Crippen molar-refractivity contribution in [1.82, 2.24) is 10.6 Å². The van der Waals surface area contributed by atoms with Crippen LogP contribution in [0.15, 0.2) is 0 Å². The van der Waals surface area contributed by atoms with Crippen LogP contribution in [0.1, 0.15) is 57.8 Å². The molecule has 2 rings (SSSR count). The Labute approximate surface area is 95.2 Å². The summed E-state index contributed by atoms with van der Waals surface area (Å²) in [5, 5.41) is 6.57. The molecule has 0 amide bonds. The van der Waals surface area contributed by atoms with Gasteiger partial charge in [0.1, 0.15) is 0 Å². The summed E-state index contributed by atoms with van der Waals surface area (Å²) in [5.41, 5.74) is 0. The van der Waals surface area contributed by atoms with Crippen molar-refractivity contribution in [3.63, 3.8) is 0 Å². The molecule has 0 atom stereocenters. The molecule has 0 bridgehead atoms. The van der Waals surface area contributed by atoms with Gasteiger partial charge in [0.2, 0.25) is 0 Å². The normalized spacial score (nSPS) is 23.6. The number of hydrogen-bond donors (Lipinski definition) is 2. The molecular formula is C13H28N2. The lowest BCUT2D eigenvalue weighted by Gasteiger charge is -2.20. The lowest BCUT2D eigenvalue weighted by molar-refractivity contribution is 0.394. The molecule has 0 heterocycles. The van der Waals surface area contributed by atoms with Gasteiger partial charge < -0.3 is 10.6 Å². The van der Waals surface area contributed by atoms with Crippen molar-refractivity contribution in [1.29, 1.82) is 0 Å². The molecule has 2 nitrogen and oxygen atoms in total. The summed E-state index contributed by atoms with van der Waals surface area (Å²) in [7, 11) is 4.12.